The number of thiophene rings is 2. The van der Waals surface area contributed by atoms with E-state index in [1.165, 1.54) is 26.4 Å². The van der Waals surface area contributed by atoms with Gasteiger partial charge in [0.05, 0.1) is 34.7 Å². The van der Waals surface area contributed by atoms with Gasteiger partial charge < -0.3 is 9.47 Å². The Kier molecular flexibility index (Phi) is 5.75. The van der Waals surface area contributed by atoms with E-state index in [-0.39, 0.29) is 41.4 Å². The molecule has 0 aliphatic carbocycles. The third-order valence-electron chi connectivity index (χ3n) is 5.26. The number of fused-ring (bicyclic) bond motifs is 2. The maximum absolute atomic E-state index is 14.4. The molecule has 0 amide bonds. The molecule has 186 valence electrons. The van der Waals surface area contributed by atoms with Gasteiger partial charge in [0, 0.05) is 20.5 Å². The van der Waals surface area contributed by atoms with E-state index in [1.807, 2.05) is 0 Å². The smallest absolute Gasteiger partial charge is 0.252 e. The standard InChI is InChI=1S/C22H8F8N2O2S2/c1-33-15-5-3-7(9-11(23)19(27)31-20(28)12(9)24)36-18(5)16(34-2)6-4-8(35-17(6)15)10-13(25)21(29)32-22(30)14(10)26/h3-4H,1-2H3. The first-order chi connectivity index (χ1) is 17.1. The van der Waals surface area contributed by atoms with Crippen molar-refractivity contribution in [2.45, 2.75) is 0 Å². The van der Waals surface area contributed by atoms with Crippen molar-refractivity contribution in [3.05, 3.63) is 59.2 Å². The molecule has 0 fully saturated rings. The lowest BCUT2D eigenvalue weighted by atomic mass is 10.1. The van der Waals surface area contributed by atoms with Gasteiger partial charge in [-0.1, -0.05) is 0 Å². The summed E-state index contributed by atoms with van der Waals surface area (Å²) in [7, 11) is 2.47. The molecule has 0 radical (unpaired) electrons. The van der Waals surface area contributed by atoms with Crippen LogP contribution in [0.25, 0.3) is 41.1 Å². The second kappa shape index (κ2) is 8.55. The summed E-state index contributed by atoms with van der Waals surface area (Å²) in [6.07, 6.45) is 0. The van der Waals surface area contributed by atoms with E-state index in [9.17, 15) is 35.1 Å². The quantitative estimate of drug-likeness (QED) is 0.174. The molecule has 14 heteroatoms. The van der Waals surface area contributed by atoms with Crippen LogP contribution in [0.2, 0.25) is 0 Å². The van der Waals surface area contributed by atoms with Gasteiger partial charge in [0.2, 0.25) is 0 Å². The van der Waals surface area contributed by atoms with Crippen LogP contribution >= 0.6 is 22.7 Å². The molecule has 4 nitrogen and oxygen atoms in total. The van der Waals surface area contributed by atoms with Crippen LogP contribution in [0.4, 0.5) is 35.1 Å². The van der Waals surface area contributed by atoms with Crippen LogP contribution in [0.15, 0.2) is 12.1 Å². The normalized spacial score (nSPS) is 11.6. The molecule has 0 saturated carbocycles. The van der Waals surface area contributed by atoms with Gasteiger partial charge in [-0.3, -0.25) is 0 Å². The molecule has 0 aliphatic rings. The van der Waals surface area contributed by atoms with Crippen LogP contribution in [-0.4, -0.2) is 24.2 Å². The second-order valence-electron chi connectivity index (χ2n) is 7.17. The zero-order valence-electron chi connectivity index (χ0n) is 17.7. The highest BCUT2D eigenvalue weighted by Gasteiger charge is 2.29. The van der Waals surface area contributed by atoms with Crippen molar-refractivity contribution in [3.8, 4) is 32.4 Å². The molecular formula is C22H8F8N2O2S2. The number of hydrogen-bond acceptors (Lipinski definition) is 6. The average Bonchev–Trinajstić information content (AvgIpc) is 3.45. The molecule has 0 N–H and O–H groups in total. The Morgan fingerprint density at radius 1 is 0.556 bits per heavy atom. The number of halogens is 8. The van der Waals surface area contributed by atoms with E-state index in [2.05, 4.69) is 9.97 Å². The van der Waals surface area contributed by atoms with Crippen LogP contribution in [0, 0.1) is 47.1 Å². The molecule has 0 atom stereocenters. The number of benzene rings is 1. The molecule has 0 saturated heterocycles. The van der Waals surface area contributed by atoms with Crippen LogP contribution in [0.5, 0.6) is 11.5 Å². The summed E-state index contributed by atoms with van der Waals surface area (Å²) in [6.45, 7) is 0. The summed E-state index contributed by atoms with van der Waals surface area (Å²) in [5.74, 6) is -14.1. The van der Waals surface area contributed by atoms with E-state index < -0.39 is 58.2 Å². The monoisotopic (exact) mass is 548 g/mol. The molecule has 36 heavy (non-hydrogen) atoms. The van der Waals surface area contributed by atoms with Crippen molar-refractivity contribution in [1.82, 2.24) is 9.97 Å². The second-order valence-corrected chi connectivity index (χ2v) is 9.27. The summed E-state index contributed by atoms with van der Waals surface area (Å²) in [4.78, 5) is 4.61. The van der Waals surface area contributed by atoms with Crippen LogP contribution < -0.4 is 9.47 Å². The highest BCUT2D eigenvalue weighted by molar-refractivity contribution is 7.24. The van der Waals surface area contributed by atoms with Gasteiger partial charge in [-0.25, -0.2) is 17.6 Å². The Labute approximate surface area is 203 Å². The molecule has 0 spiro atoms. The highest BCUT2D eigenvalue weighted by atomic mass is 32.1. The first kappa shape index (κ1) is 24.2. The summed E-state index contributed by atoms with van der Waals surface area (Å²) < 4.78 is 124. The average molecular weight is 548 g/mol. The van der Waals surface area contributed by atoms with Crippen LogP contribution in [0.3, 0.4) is 0 Å². The first-order valence-electron chi connectivity index (χ1n) is 9.60. The lowest BCUT2D eigenvalue weighted by Gasteiger charge is -2.08. The number of ether oxygens (including phenoxy) is 2. The molecule has 4 heterocycles. The maximum atomic E-state index is 14.4. The number of aromatic nitrogens is 2. The van der Waals surface area contributed by atoms with E-state index >= 15 is 0 Å². The van der Waals surface area contributed by atoms with E-state index in [0.29, 0.717) is 22.7 Å². The third-order valence-corrected chi connectivity index (χ3v) is 7.56. The Balaban J connectivity index is 1.84. The van der Waals surface area contributed by atoms with E-state index in [1.54, 1.807) is 0 Å². The Hall–Kier alpha value is -3.52. The van der Waals surface area contributed by atoms with Gasteiger partial charge in [0.15, 0.2) is 23.3 Å². The number of hydrogen-bond donors (Lipinski definition) is 0. The number of nitrogens with zero attached hydrogens (tertiary/aromatic N) is 2. The van der Waals surface area contributed by atoms with Crippen molar-refractivity contribution in [3.63, 3.8) is 0 Å². The fourth-order valence-corrected chi connectivity index (χ4v) is 6.21. The fraction of sp³-hybridized carbons (Fsp3) is 0.0909. The summed E-state index contributed by atoms with van der Waals surface area (Å²) in [5.41, 5.74) is -2.00. The molecule has 1 aromatic carbocycles. The van der Waals surface area contributed by atoms with Crippen molar-refractivity contribution < 1.29 is 44.6 Å². The highest BCUT2D eigenvalue weighted by Crippen LogP contribution is 2.53. The van der Waals surface area contributed by atoms with Crippen molar-refractivity contribution in [1.29, 1.82) is 0 Å². The third kappa shape index (κ3) is 3.38. The Bertz CT molecular complexity index is 1490. The summed E-state index contributed by atoms with van der Waals surface area (Å²) >= 11 is 1.38. The van der Waals surface area contributed by atoms with Gasteiger partial charge in [-0.2, -0.15) is 27.5 Å². The van der Waals surface area contributed by atoms with E-state index in [4.69, 9.17) is 9.47 Å². The lowest BCUT2D eigenvalue weighted by Crippen LogP contribution is -2.02. The van der Waals surface area contributed by atoms with Gasteiger partial charge in [-0.15, -0.1) is 22.7 Å². The number of methoxy groups -OCH3 is 2. The van der Waals surface area contributed by atoms with E-state index in [0.717, 1.165) is 0 Å². The van der Waals surface area contributed by atoms with Gasteiger partial charge in [0.1, 0.15) is 11.5 Å². The topological polar surface area (TPSA) is 44.2 Å². The lowest BCUT2D eigenvalue weighted by molar-refractivity contribution is 0.411. The molecule has 5 aromatic rings. The predicted molar refractivity (Wildman–Crippen MR) is 116 cm³/mol. The Morgan fingerprint density at radius 3 is 1.14 bits per heavy atom. The molecule has 5 rings (SSSR count). The molecular weight excluding hydrogens is 540 g/mol. The molecule has 4 aromatic heterocycles. The SMILES string of the molecule is COc1c2cc(-c3c(F)c(F)nc(F)c3F)sc2c(OC)c2cc(-c3c(F)c(F)nc(F)c3F)sc12. The maximum Gasteiger partial charge on any atom is 0.252 e. The van der Waals surface area contributed by atoms with Crippen LogP contribution in [0.1, 0.15) is 0 Å². The van der Waals surface area contributed by atoms with Crippen LogP contribution in [-0.2, 0) is 0 Å². The zero-order chi connectivity index (χ0) is 26.0. The zero-order valence-corrected chi connectivity index (χ0v) is 19.3. The number of rotatable bonds is 4. The first-order valence-corrected chi connectivity index (χ1v) is 11.2. The van der Waals surface area contributed by atoms with Crippen molar-refractivity contribution >= 4 is 42.8 Å². The minimum absolute atomic E-state index is 0.0474. The molecule has 0 bridgehead atoms. The van der Waals surface area contributed by atoms with Gasteiger partial charge >= 0.3 is 0 Å². The summed E-state index contributed by atoms with van der Waals surface area (Å²) in [6, 6.07) is 2.38. The summed E-state index contributed by atoms with van der Waals surface area (Å²) in [5, 5.41) is 0.361. The van der Waals surface area contributed by atoms with Crippen molar-refractivity contribution in [2.24, 2.45) is 0 Å². The minimum Gasteiger partial charge on any atom is -0.495 e. The van der Waals surface area contributed by atoms with Gasteiger partial charge in [-0.05, 0) is 12.1 Å². The largest absolute Gasteiger partial charge is 0.495 e. The molecule has 0 unspecified atom stereocenters. The van der Waals surface area contributed by atoms with Crippen molar-refractivity contribution in [2.75, 3.05) is 14.2 Å². The predicted octanol–water partition coefficient (Wildman–Crippen LogP) is 7.37. The van der Waals surface area contributed by atoms with Gasteiger partial charge in [0.25, 0.3) is 23.8 Å². The Morgan fingerprint density at radius 2 is 0.861 bits per heavy atom. The minimum atomic E-state index is -1.84. The fourth-order valence-electron chi connectivity index (χ4n) is 3.76. The number of pyridine rings is 2. The molecule has 0 aliphatic heterocycles.